The van der Waals surface area contributed by atoms with Gasteiger partial charge >= 0.3 is 5.97 Å². The number of rotatable bonds is 8. The standard InChI is InChI=1S/C23H30O3S/c24-22(23-12-16-9-17(13-23)11-18(10-16)14-23)25-8-4-7-20-21(26-20)15-27-19-5-2-1-3-6-19/h1-3,5-6,16-18,20-21H,4,7-15H2/t16?,17?,18?,20-,21+,23?/m0/s1. The Balaban J connectivity index is 1.01. The summed E-state index contributed by atoms with van der Waals surface area (Å²) < 4.78 is 11.6. The van der Waals surface area contributed by atoms with Crippen LogP contribution in [0.15, 0.2) is 35.2 Å². The van der Waals surface area contributed by atoms with E-state index in [9.17, 15) is 4.79 Å². The van der Waals surface area contributed by atoms with Gasteiger partial charge in [-0.05, 0) is 81.3 Å². The summed E-state index contributed by atoms with van der Waals surface area (Å²) in [5, 5.41) is 0. The quantitative estimate of drug-likeness (QED) is 0.270. The zero-order valence-electron chi connectivity index (χ0n) is 16.0. The van der Waals surface area contributed by atoms with Crippen LogP contribution in [0, 0.1) is 23.2 Å². The molecule has 0 radical (unpaired) electrons. The maximum Gasteiger partial charge on any atom is 0.312 e. The van der Waals surface area contributed by atoms with E-state index in [0.29, 0.717) is 18.8 Å². The lowest BCUT2D eigenvalue weighted by Gasteiger charge is -2.55. The third-order valence-electron chi connectivity index (χ3n) is 7.18. The van der Waals surface area contributed by atoms with Gasteiger partial charge in [0.25, 0.3) is 0 Å². The molecule has 27 heavy (non-hydrogen) atoms. The van der Waals surface area contributed by atoms with Crippen molar-refractivity contribution >= 4 is 17.7 Å². The fourth-order valence-corrected chi connectivity index (χ4v) is 7.24. The lowest BCUT2D eigenvalue weighted by molar-refractivity contribution is -0.171. The van der Waals surface area contributed by atoms with Crippen LogP contribution in [0.25, 0.3) is 0 Å². The highest BCUT2D eigenvalue weighted by Gasteiger charge is 2.55. The molecular formula is C23H30O3S. The molecule has 0 amide bonds. The summed E-state index contributed by atoms with van der Waals surface area (Å²) in [6, 6.07) is 10.5. The van der Waals surface area contributed by atoms with Crippen LogP contribution in [0.5, 0.6) is 0 Å². The van der Waals surface area contributed by atoms with Crippen LogP contribution in [0.3, 0.4) is 0 Å². The number of hydrogen-bond acceptors (Lipinski definition) is 4. The van der Waals surface area contributed by atoms with Crippen LogP contribution in [0.1, 0.15) is 51.4 Å². The molecule has 4 bridgehead atoms. The molecule has 0 spiro atoms. The average molecular weight is 387 g/mol. The van der Waals surface area contributed by atoms with Crippen LogP contribution in [0.4, 0.5) is 0 Å². The predicted octanol–water partition coefficient (Wildman–Crippen LogP) is 5.09. The van der Waals surface area contributed by atoms with Crippen molar-refractivity contribution in [1.82, 2.24) is 0 Å². The molecule has 4 aliphatic carbocycles. The van der Waals surface area contributed by atoms with Crippen molar-refractivity contribution in [2.75, 3.05) is 12.4 Å². The van der Waals surface area contributed by atoms with E-state index in [-0.39, 0.29) is 11.4 Å². The Labute approximate surface area is 166 Å². The summed E-state index contributed by atoms with van der Waals surface area (Å²) in [5.74, 6) is 3.53. The summed E-state index contributed by atoms with van der Waals surface area (Å²) >= 11 is 1.86. The Morgan fingerprint density at radius 2 is 1.70 bits per heavy atom. The van der Waals surface area contributed by atoms with Crippen molar-refractivity contribution in [2.45, 2.75) is 68.5 Å². The van der Waals surface area contributed by atoms with Crippen LogP contribution in [0.2, 0.25) is 0 Å². The largest absolute Gasteiger partial charge is 0.465 e. The molecule has 1 aromatic rings. The minimum Gasteiger partial charge on any atom is -0.465 e. The lowest BCUT2D eigenvalue weighted by atomic mass is 9.49. The van der Waals surface area contributed by atoms with Gasteiger partial charge in [0.1, 0.15) is 0 Å². The second kappa shape index (κ2) is 7.44. The molecular weight excluding hydrogens is 356 g/mol. The van der Waals surface area contributed by atoms with Gasteiger partial charge in [0.05, 0.1) is 24.2 Å². The SMILES string of the molecule is O=C(OCCC[C@@H]1O[C@@H]1CSc1ccccc1)C12CC3CC(CC(C3)C1)C2. The molecule has 4 saturated carbocycles. The highest BCUT2D eigenvalue weighted by atomic mass is 32.2. The molecule has 1 saturated heterocycles. The number of ether oxygens (including phenoxy) is 2. The van der Waals surface area contributed by atoms with E-state index in [1.54, 1.807) is 0 Å². The van der Waals surface area contributed by atoms with E-state index >= 15 is 0 Å². The van der Waals surface area contributed by atoms with Crippen molar-refractivity contribution in [3.8, 4) is 0 Å². The third kappa shape index (κ3) is 3.93. The van der Waals surface area contributed by atoms with Gasteiger partial charge in [-0.2, -0.15) is 0 Å². The first-order valence-corrected chi connectivity index (χ1v) is 11.7. The smallest absolute Gasteiger partial charge is 0.312 e. The van der Waals surface area contributed by atoms with E-state index in [4.69, 9.17) is 9.47 Å². The van der Waals surface area contributed by atoms with Gasteiger partial charge in [-0.1, -0.05) is 18.2 Å². The Morgan fingerprint density at radius 3 is 2.37 bits per heavy atom. The molecule has 0 unspecified atom stereocenters. The van der Waals surface area contributed by atoms with Gasteiger partial charge in [-0.15, -0.1) is 11.8 Å². The maximum absolute atomic E-state index is 12.8. The predicted molar refractivity (Wildman–Crippen MR) is 107 cm³/mol. The summed E-state index contributed by atoms with van der Waals surface area (Å²) in [5.41, 5.74) is -0.111. The first-order chi connectivity index (χ1) is 13.2. The number of esters is 1. The molecule has 1 aromatic carbocycles. The minimum atomic E-state index is -0.111. The minimum absolute atomic E-state index is 0.111. The number of benzene rings is 1. The van der Waals surface area contributed by atoms with E-state index < -0.39 is 0 Å². The average Bonchev–Trinajstić information content (AvgIpc) is 3.41. The van der Waals surface area contributed by atoms with Crippen molar-refractivity contribution in [2.24, 2.45) is 23.2 Å². The first-order valence-electron chi connectivity index (χ1n) is 10.7. The van der Waals surface area contributed by atoms with Gasteiger partial charge in [-0.3, -0.25) is 4.79 Å². The number of epoxide rings is 1. The number of carbonyl (C=O) groups is 1. The molecule has 5 fully saturated rings. The molecule has 5 aliphatic rings. The van der Waals surface area contributed by atoms with E-state index in [1.165, 1.54) is 24.2 Å². The van der Waals surface area contributed by atoms with Crippen molar-refractivity contribution in [3.05, 3.63) is 30.3 Å². The summed E-state index contributed by atoms with van der Waals surface area (Å²) in [6.45, 7) is 0.568. The highest BCUT2D eigenvalue weighted by Crippen LogP contribution is 2.60. The van der Waals surface area contributed by atoms with Gasteiger partial charge in [-0.25, -0.2) is 0 Å². The first kappa shape index (κ1) is 18.1. The van der Waals surface area contributed by atoms with Crippen LogP contribution in [-0.4, -0.2) is 30.5 Å². The lowest BCUT2D eigenvalue weighted by Crippen LogP contribution is -2.50. The maximum atomic E-state index is 12.8. The number of carbonyl (C=O) groups excluding carboxylic acids is 1. The van der Waals surface area contributed by atoms with Crippen LogP contribution < -0.4 is 0 Å². The summed E-state index contributed by atoms with van der Waals surface area (Å²) in [7, 11) is 0. The Morgan fingerprint density at radius 1 is 1.04 bits per heavy atom. The van der Waals surface area contributed by atoms with Gasteiger partial charge in [0, 0.05) is 10.6 Å². The monoisotopic (exact) mass is 386 g/mol. The fourth-order valence-electron chi connectivity index (χ4n) is 6.24. The van der Waals surface area contributed by atoms with E-state index in [1.807, 2.05) is 17.8 Å². The van der Waals surface area contributed by atoms with Gasteiger partial charge in [0.15, 0.2) is 0 Å². The molecule has 1 heterocycles. The molecule has 0 N–H and O–H groups in total. The summed E-state index contributed by atoms with van der Waals surface area (Å²) in [4.78, 5) is 14.1. The third-order valence-corrected chi connectivity index (χ3v) is 8.28. The van der Waals surface area contributed by atoms with Crippen LogP contribution >= 0.6 is 11.8 Å². The normalized spacial score (nSPS) is 38.7. The molecule has 0 aromatic heterocycles. The molecule has 1 aliphatic heterocycles. The zero-order valence-corrected chi connectivity index (χ0v) is 16.8. The van der Waals surface area contributed by atoms with Crippen molar-refractivity contribution in [1.29, 1.82) is 0 Å². The highest BCUT2D eigenvalue weighted by molar-refractivity contribution is 7.99. The Kier molecular flexibility index (Phi) is 4.97. The van der Waals surface area contributed by atoms with E-state index in [0.717, 1.165) is 55.6 Å². The second-order valence-corrected chi connectivity index (χ2v) is 10.4. The Hall–Kier alpha value is -1.00. The summed E-state index contributed by atoms with van der Waals surface area (Å²) in [6.07, 6.45) is 10.1. The van der Waals surface area contributed by atoms with Crippen molar-refractivity contribution < 1.29 is 14.3 Å². The van der Waals surface area contributed by atoms with Gasteiger partial charge in [0.2, 0.25) is 0 Å². The molecule has 146 valence electrons. The fraction of sp³-hybridized carbons (Fsp3) is 0.696. The number of thioether (sulfide) groups is 1. The topological polar surface area (TPSA) is 38.8 Å². The molecule has 2 atom stereocenters. The van der Waals surface area contributed by atoms with Gasteiger partial charge < -0.3 is 9.47 Å². The van der Waals surface area contributed by atoms with E-state index in [2.05, 4.69) is 24.3 Å². The Bertz CT molecular complexity index is 638. The van der Waals surface area contributed by atoms with Crippen molar-refractivity contribution in [3.63, 3.8) is 0 Å². The number of hydrogen-bond donors (Lipinski definition) is 0. The molecule has 6 rings (SSSR count). The van der Waals surface area contributed by atoms with Crippen LogP contribution in [-0.2, 0) is 14.3 Å². The molecule has 4 heteroatoms. The second-order valence-electron chi connectivity index (χ2n) is 9.31. The molecule has 3 nitrogen and oxygen atoms in total. The zero-order chi connectivity index (χ0) is 18.3.